The average molecular weight is 310 g/mol. The van der Waals surface area contributed by atoms with Gasteiger partial charge in [0, 0.05) is 0 Å². The fourth-order valence-corrected chi connectivity index (χ4v) is 2.04. The maximum Gasteiger partial charge on any atom is 0.416 e. The summed E-state index contributed by atoms with van der Waals surface area (Å²) in [5.41, 5.74) is 0.388. The second kappa shape index (κ2) is 6.19. The maximum absolute atomic E-state index is 12.9. The van der Waals surface area contributed by atoms with Crippen LogP contribution in [0.2, 0.25) is 0 Å². The maximum atomic E-state index is 12.9. The summed E-state index contributed by atoms with van der Waals surface area (Å²) < 4.78 is 43.2. The number of hydrogen-bond acceptors (Lipinski definition) is 3. The van der Waals surface area contributed by atoms with Gasteiger partial charge >= 0.3 is 12.1 Å². The Hall–Kier alpha value is -2.34. The summed E-state index contributed by atoms with van der Waals surface area (Å²) in [4.78, 5) is 11.7. The lowest BCUT2D eigenvalue weighted by Gasteiger charge is -2.13. The summed E-state index contributed by atoms with van der Waals surface area (Å²) in [6, 6.07) is 9.12. The minimum atomic E-state index is -4.51. The molecule has 0 heterocycles. The molecule has 2 aromatic rings. The van der Waals surface area contributed by atoms with Crippen molar-refractivity contribution in [1.29, 1.82) is 0 Å². The predicted molar refractivity (Wildman–Crippen MR) is 74.1 cm³/mol. The molecular weight excluding hydrogens is 297 g/mol. The Morgan fingerprint density at radius 3 is 2.27 bits per heavy atom. The summed E-state index contributed by atoms with van der Waals surface area (Å²) in [5, 5.41) is 9.01. The Morgan fingerprint density at radius 1 is 1.14 bits per heavy atom. The van der Waals surface area contributed by atoms with E-state index in [0.29, 0.717) is 11.1 Å². The van der Waals surface area contributed by atoms with E-state index < -0.39 is 17.7 Å². The van der Waals surface area contributed by atoms with Gasteiger partial charge in [0.25, 0.3) is 0 Å². The van der Waals surface area contributed by atoms with E-state index in [1.54, 1.807) is 24.3 Å². The number of rotatable bonds is 3. The fraction of sp³-hybridized carbons (Fsp3) is 0.188. The summed E-state index contributed by atoms with van der Waals surface area (Å²) in [7, 11) is 1.17. The number of benzene rings is 2. The highest BCUT2D eigenvalue weighted by molar-refractivity contribution is 5.97. The number of ether oxygens (including phenoxy) is 1. The number of alkyl halides is 3. The third-order valence-corrected chi connectivity index (χ3v) is 3.20. The normalized spacial score (nSPS) is 11.3. The Bertz CT molecular complexity index is 676. The van der Waals surface area contributed by atoms with E-state index in [0.717, 1.165) is 18.2 Å². The smallest absolute Gasteiger partial charge is 0.416 e. The summed E-state index contributed by atoms with van der Waals surface area (Å²) in [5.74, 6) is -0.713. The van der Waals surface area contributed by atoms with Crippen molar-refractivity contribution >= 4 is 5.97 Å². The lowest BCUT2D eigenvalue weighted by molar-refractivity contribution is -0.137. The third-order valence-electron chi connectivity index (χ3n) is 3.20. The molecule has 2 rings (SSSR count). The van der Waals surface area contributed by atoms with Crippen LogP contribution in [0.1, 0.15) is 21.5 Å². The molecule has 0 saturated carbocycles. The van der Waals surface area contributed by atoms with Crippen LogP contribution in [0.15, 0.2) is 42.5 Å². The molecule has 116 valence electrons. The van der Waals surface area contributed by atoms with Crippen LogP contribution >= 0.6 is 0 Å². The molecule has 0 atom stereocenters. The zero-order valence-electron chi connectivity index (χ0n) is 11.6. The highest BCUT2D eigenvalue weighted by Crippen LogP contribution is 2.34. The second-order valence-corrected chi connectivity index (χ2v) is 4.60. The van der Waals surface area contributed by atoms with Crippen LogP contribution < -0.4 is 0 Å². The molecule has 6 heteroatoms. The summed E-state index contributed by atoms with van der Waals surface area (Å²) >= 11 is 0. The number of aliphatic hydroxyl groups excluding tert-OH is 1. The van der Waals surface area contributed by atoms with Crippen LogP contribution in [0.3, 0.4) is 0 Å². The lowest BCUT2D eigenvalue weighted by atomic mass is 9.96. The van der Waals surface area contributed by atoms with E-state index in [9.17, 15) is 18.0 Å². The fourth-order valence-electron chi connectivity index (χ4n) is 2.04. The Balaban J connectivity index is 2.60. The topological polar surface area (TPSA) is 46.5 Å². The van der Waals surface area contributed by atoms with Gasteiger partial charge in [0.1, 0.15) is 0 Å². The molecule has 0 unspecified atom stereocenters. The summed E-state index contributed by atoms with van der Waals surface area (Å²) in [6.45, 7) is -0.174. The van der Waals surface area contributed by atoms with Crippen LogP contribution in [0.25, 0.3) is 11.1 Å². The van der Waals surface area contributed by atoms with Gasteiger partial charge in [-0.25, -0.2) is 4.79 Å². The van der Waals surface area contributed by atoms with E-state index in [-0.39, 0.29) is 17.7 Å². The lowest BCUT2D eigenvalue weighted by Crippen LogP contribution is -2.09. The predicted octanol–water partition coefficient (Wildman–Crippen LogP) is 3.65. The molecule has 0 saturated heterocycles. The number of aliphatic hydroxyl groups is 1. The minimum absolute atomic E-state index is 0.0484. The second-order valence-electron chi connectivity index (χ2n) is 4.60. The van der Waals surface area contributed by atoms with Gasteiger partial charge in [0.2, 0.25) is 0 Å². The van der Waals surface area contributed by atoms with Gasteiger partial charge in [-0.05, 0) is 34.9 Å². The number of methoxy groups -OCH3 is 1. The van der Waals surface area contributed by atoms with E-state index >= 15 is 0 Å². The number of carbonyl (C=O) groups excluding carboxylic acids is 1. The molecule has 0 spiro atoms. The molecule has 0 aliphatic heterocycles. The molecule has 2 aromatic carbocycles. The first-order valence-corrected chi connectivity index (χ1v) is 6.36. The van der Waals surface area contributed by atoms with Crippen molar-refractivity contribution in [3.8, 4) is 11.1 Å². The van der Waals surface area contributed by atoms with Gasteiger partial charge in [-0.15, -0.1) is 0 Å². The molecule has 0 fully saturated rings. The highest BCUT2D eigenvalue weighted by atomic mass is 19.4. The van der Waals surface area contributed by atoms with Gasteiger partial charge in [0.15, 0.2) is 0 Å². The van der Waals surface area contributed by atoms with E-state index in [2.05, 4.69) is 4.74 Å². The first kappa shape index (κ1) is 16.0. The monoisotopic (exact) mass is 310 g/mol. The number of hydrogen-bond donors (Lipinski definition) is 1. The first-order chi connectivity index (χ1) is 10.4. The standard InChI is InChI=1S/C16H13F3O3/c1-22-15(21)13-7-6-12(16(17,18)19)8-14(13)11-4-2-10(9-20)3-5-11/h2-8,20H,9H2,1H3. The zero-order chi connectivity index (χ0) is 16.3. The molecule has 0 amide bonds. The van der Waals surface area contributed by atoms with Crippen molar-refractivity contribution in [3.05, 3.63) is 59.2 Å². The van der Waals surface area contributed by atoms with Crippen molar-refractivity contribution in [2.24, 2.45) is 0 Å². The van der Waals surface area contributed by atoms with Gasteiger partial charge in [-0.1, -0.05) is 24.3 Å². The summed E-state index contributed by atoms with van der Waals surface area (Å²) in [6.07, 6.45) is -4.51. The van der Waals surface area contributed by atoms with Crippen molar-refractivity contribution in [2.45, 2.75) is 12.8 Å². The van der Waals surface area contributed by atoms with Crippen LogP contribution in [-0.4, -0.2) is 18.2 Å². The van der Waals surface area contributed by atoms with Crippen molar-refractivity contribution in [3.63, 3.8) is 0 Å². The van der Waals surface area contributed by atoms with Crippen LogP contribution in [0.5, 0.6) is 0 Å². The van der Waals surface area contributed by atoms with Crippen molar-refractivity contribution in [1.82, 2.24) is 0 Å². The molecule has 0 aliphatic carbocycles. The number of halogens is 3. The SMILES string of the molecule is COC(=O)c1ccc(C(F)(F)F)cc1-c1ccc(CO)cc1. The van der Waals surface area contributed by atoms with E-state index in [1.165, 1.54) is 7.11 Å². The molecule has 3 nitrogen and oxygen atoms in total. The van der Waals surface area contributed by atoms with Gasteiger partial charge in [-0.3, -0.25) is 0 Å². The molecule has 0 aromatic heterocycles. The highest BCUT2D eigenvalue weighted by Gasteiger charge is 2.31. The van der Waals surface area contributed by atoms with Crippen molar-refractivity contribution in [2.75, 3.05) is 7.11 Å². The molecule has 0 radical (unpaired) electrons. The van der Waals surface area contributed by atoms with E-state index in [1.807, 2.05) is 0 Å². The van der Waals surface area contributed by atoms with Gasteiger partial charge < -0.3 is 9.84 Å². The van der Waals surface area contributed by atoms with Crippen LogP contribution in [0.4, 0.5) is 13.2 Å². The van der Waals surface area contributed by atoms with Crippen molar-refractivity contribution < 1.29 is 27.8 Å². The van der Waals surface area contributed by atoms with Crippen LogP contribution in [-0.2, 0) is 17.5 Å². The quantitative estimate of drug-likeness (QED) is 0.880. The van der Waals surface area contributed by atoms with Crippen LogP contribution in [0, 0.1) is 0 Å². The molecule has 0 aliphatic rings. The zero-order valence-corrected chi connectivity index (χ0v) is 11.6. The molecule has 1 N–H and O–H groups in total. The largest absolute Gasteiger partial charge is 0.465 e. The Labute approximate surface area is 125 Å². The van der Waals surface area contributed by atoms with Gasteiger partial charge in [0.05, 0.1) is 24.8 Å². The molecule has 22 heavy (non-hydrogen) atoms. The molecular formula is C16H13F3O3. The minimum Gasteiger partial charge on any atom is -0.465 e. The first-order valence-electron chi connectivity index (χ1n) is 6.36. The Kier molecular flexibility index (Phi) is 4.51. The number of carbonyl (C=O) groups is 1. The van der Waals surface area contributed by atoms with Gasteiger partial charge in [-0.2, -0.15) is 13.2 Å². The molecule has 0 bridgehead atoms. The third kappa shape index (κ3) is 3.28. The Morgan fingerprint density at radius 2 is 1.77 bits per heavy atom. The van der Waals surface area contributed by atoms with E-state index in [4.69, 9.17) is 5.11 Å². The number of esters is 1. The average Bonchev–Trinajstić information content (AvgIpc) is 2.52.